The van der Waals surface area contributed by atoms with E-state index in [4.69, 9.17) is 4.74 Å². The van der Waals surface area contributed by atoms with E-state index in [1.165, 1.54) is 5.56 Å². The lowest BCUT2D eigenvalue weighted by Gasteiger charge is -2.24. The Hall–Kier alpha value is -2.66. The van der Waals surface area contributed by atoms with Gasteiger partial charge in [0.2, 0.25) is 0 Å². The smallest absolute Gasteiger partial charge is 0.339 e. The molecule has 1 N–H and O–H groups in total. The number of carbonyl (C=O) groups is 2. The molecule has 2 aromatic rings. The molecule has 2 aromatic carbocycles. The molecule has 0 bridgehead atoms. The van der Waals surface area contributed by atoms with Gasteiger partial charge in [0.25, 0.3) is 5.91 Å². The Morgan fingerprint density at radius 1 is 1.12 bits per heavy atom. The topological polar surface area (TPSA) is 58.6 Å². The molecule has 0 aliphatic carbocycles. The second kappa shape index (κ2) is 7.49. The number of hydrogen-bond acceptors (Lipinski definition) is 4. The van der Waals surface area contributed by atoms with Crippen molar-refractivity contribution in [3.63, 3.8) is 0 Å². The van der Waals surface area contributed by atoms with Gasteiger partial charge in [0.15, 0.2) is 6.10 Å². The monoisotopic (exact) mass is 338 g/mol. The van der Waals surface area contributed by atoms with Gasteiger partial charge in [-0.15, -0.1) is 0 Å². The molecule has 3 rings (SSSR count). The van der Waals surface area contributed by atoms with Crippen LogP contribution in [0, 0.1) is 0 Å². The van der Waals surface area contributed by atoms with Crippen LogP contribution in [0.15, 0.2) is 48.5 Å². The number of cyclic esters (lactones) is 1. The van der Waals surface area contributed by atoms with Gasteiger partial charge in [0.05, 0.1) is 5.56 Å². The Kier molecular flexibility index (Phi) is 5.14. The lowest BCUT2D eigenvalue weighted by molar-refractivity contribution is -0.130. The summed E-state index contributed by atoms with van der Waals surface area (Å²) in [6.07, 6.45) is -0.365. The number of nitrogens with one attached hydrogen (secondary N) is 1. The Morgan fingerprint density at radius 2 is 1.80 bits per heavy atom. The molecule has 0 saturated heterocycles. The predicted molar refractivity (Wildman–Crippen MR) is 95.0 cm³/mol. The molecule has 0 saturated carbocycles. The second-order valence-electron chi connectivity index (χ2n) is 6.48. The normalized spacial score (nSPS) is 16.3. The molecule has 1 unspecified atom stereocenters. The molecule has 1 heterocycles. The van der Waals surface area contributed by atoms with Crippen molar-refractivity contribution in [3.05, 3.63) is 70.8 Å². The molecule has 0 fully saturated rings. The molecule has 0 aromatic heterocycles. The van der Waals surface area contributed by atoms with Gasteiger partial charge in [0, 0.05) is 19.5 Å². The van der Waals surface area contributed by atoms with Crippen LogP contribution in [0.3, 0.4) is 0 Å². The Balaban J connectivity index is 1.65. The largest absolute Gasteiger partial charge is 0.448 e. The number of hydrogen-bond donors (Lipinski definition) is 1. The van der Waals surface area contributed by atoms with Crippen molar-refractivity contribution < 1.29 is 14.3 Å². The number of nitrogens with zero attached hydrogens (tertiary/aromatic N) is 1. The average Bonchev–Trinajstić information content (AvgIpc) is 2.60. The summed E-state index contributed by atoms with van der Waals surface area (Å²) < 4.78 is 5.30. The van der Waals surface area contributed by atoms with Gasteiger partial charge < -0.3 is 15.0 Å². The van der Waals surface area contributed by atoms with Gasteiger partial charge >= 0.3 is 5.97 Å². The Labute approximate surface area is 147 Å². The minimum atomic E-state index is -0.775. The first kappa shape index (κ1) is 17.2. The maximum Gasteiger partial charge on any atom is 0.339 e. The van der Waals surface area contributed by atoms with Gasteiger partial charge in [-0.1, -0.05) is 42.5 Å². The highest BCUT2D eigenvalue weighted by molar-refractivity contribution is 5.95. The third-order valence-electron chi connectivity index (χ3n) is 4.24. The fourth-order valence-electron chi connectivity index (χ4n) is 3.00. The first-order chi connectivity index (χ1) is 12.0. The number of carbonyl (C=O) groups excluding carboxylic acids is 2. The Morgan fingerprint density at radius 3 is 2.56 bits per heavy atom. The molecule has 5 heteroatoms. The minimum absolute atomic E-state index is 0.262. The van der Waals surface area contributed by atoms with Crippen LogP contribution in [0.4, 0.5) is 0 Å². The standard InChI is InChI=1S/C20H22N2O3/c1-22(2)13-16-9-4-3-8-15(16)12-21-19(23)18-11-14-7-5-6-10-17(14)20(24)25-18/h3-10,18H,11-13H2,1-2H3,(H,21,23). The zero-order chi connectivity index (χ0) is 17.8. The third kappa shape index (κ3) is 4.06. The van der Waals surface area contributed by atoms with Crippen molar-refractivity contribution in [2.75, 3.05) is 14.1 Å². The summed E-state index contributed by atoms with van der Waals surface area (Å²) in [5.74, 6) is -0.697. The van der Waals surface area contributed by atoms with Crippen LogP contribution in [-0.2, 0) is 29.0 Å². The summed E-state index contributed by atoms with van der Waals surface area (Å²) in [6, 6.07) is 15.2. The van der Waals surface area contributed by atoms with Crippen LogP contribution in [0.25, 0.3) is 0 Å². The molecule has 0 spiro atoms. The Bertz CT molecular complexity index is 786. The first-order valence-corrected chi connectivity index (χ1v) is 8.32. The minimum Gasteiger partial charge on any atom is -0.448 e. The van der Waals surface area contributed by atoms with Crippen molar-refractivity contribution in [2.45, 2.75) is 25.6 Å². The van der Waals surface area contributed by atoms with E-state index in [0.29, 0.717) is 18.5 Å². The van der Waals surface area contributed by atoms with Crippen LogP contribution in [-0.4, -0.2) is 37.0 Å². The van der Waals surface area contributed by atoms with Crippen molar-refractivity contribution in [3.8, 4) is 0 Å². The molecular weight excluding hydrogens is 316 g/mol. The quantitative estimate of drug-likeness (QED) is 0.849. The summed E-state index contributed by atoms with van der Waals surface area (Å²) in [5, 5.41) is 2.90. The zero-order valence-electron chi connectivity index (χ0n) is 14.5. The molecule has 25 heavy (non-hydrogen) atoms. The summed E-state index contributed by atoms with van der Waals surface area (Å²) in [7, 11) is 4.02. The molecule has 1 aliphatic heterocycles. The summed E-state index contributed by atoms with van der Waals surface area (Å²) >= 11 is 0. The van der Waals surface area contributed by atoms with E-state index in [1.54, 1.807) is 12.1 Å². The number of rotatable bonds is 5. The first-order valence-electron chi connectivity index (χ1n) is 8.32. The van der Waals surface area contributed by atoms with Crippen LogP contribution in [0.2, 0.25) is 0 Å². The average molecular weight is 338 g/mol. The highest BCUT2D eigenvalue weighted by Gasteiger charge is 2.30. The zero-order valence-corrected chi connectivity index (χ0v) is 14.5. The lowest BCUT2D eigenvalue weighted by atomic mass is 9.98. The van der Waals surface area contributed by atoms with Gasteiger partial charge in [-0.3, -0.25) is 4.79 Å². The molecule has 5 nitrogen and oxygen atoms in total. The summed E-state index contributed by atoms with van der Waals surface area (Å²) in [6.45, 7) is 1.22. The van der Waals surface area contributed by atoms with E-state index in [2.05, 4.69) is 16.3 Å². The highest BCUT2D eigenvalue weighted by atomic mass is 16.5. The van der Waals surface area contributed by atoms with Gasteiger partial charge in [-0.05, 0) is 36.9 Å². The van der Waals surface area contributed by atoms with E-state index >= 15 is 0 Å². The maximum absolute atomic E-state index is 12.5. The predicted octanol–water partition coefficient (Wildman–Crippen LogP) is 2.15. The van der Waals surface area contributed by atoms with Crippen molar-refractivity contribution in [1.29, 1.82) is 0 Å². The molecule has 1 atom stereocenters. The van der Waals surface area contributed by atoms with E-state index in [0.717, 1.165) is 17.7 Å². The number of ether oxygens (including phenoxy) is 1. The van der Waals surface area contributed by atoms with Crippen molar-refractivity contribution in [1.82, 2.24) is 10.2 Å². The van der Waals surface area contributed by atoms with Gasteiger partial charge in [-0.25, -0.2) is 4.79 Å². The van der Waals surface area contributed by atoms with Crippen molar-refractivity contribution >= 4 is 11.9 Å². The van der Waals surface area contributed by atoms with Crippen LogP contribution < -0.4 is 5.32 Å². The number of fused-ring (bicyclic) bond motifs is 1. The van der Waals surface area contributed by atoms with Crippen LogP contribution >= 0.6 is 0 Å². The van der Waals surface area contributed by atoms with E-state index < -0.39 is 12.1 Å². The van der Waals surface area contributed by atoms with Gasteiger partial charge in [-0.2, -0.15) is 0 Å². The number of esters is 1. The molecular formula is C20H22N2O3. The molecule has 130 valence electrons. The number of amides is 1. The molecule has 0 radical (unpaired) electrons. The molecule has 1 aliphatic rings. The van der Waals surface area contributed by atoms with E-state index in [1.807, 2.05) is 44.4 Å². The van der Waals surface area contributed by atoms with E-state index in [9.17, 15) is 9.59 Å². The van der Waals surface area contributed by atoms with Crippen LogP contribution in [0.5, 0.6) is 0 Å². The van der Waals surface area contributed by atoms with Crippen molar-refractivity contribution in [2.24, 2.45) is 0 Å². The molecule has 1 amide bonds. The maximum atomic E-state index is 12.5. The fraction of sp³-hybridized carbons (Fsp3) is 0.300. The van der Waals surface area contributed by atoms with Crippen LogP contribution in [0.1, 0.15) is 27.0 Å². The second-order valence-corrected chi connectivity index (χ2v) is 6.48. The number of benzene rings is 2. The summed E-state index contributed by atoms with van der Waals surface area (Å²) in [4.78, 5) is 26.6. The highest BCUT2D eigenvalue weighted by Crippen LogP contribution is 2.20. The lowest BCUT2D eigenvalue weighted by Crippen LogP contribution is -2.41. The van der Waals surface area contributed by atoms with E-state index in [-0.39, 0.29) is 5.91 Å². The fourth-order valence-corrected chi connectivity index (χ4v) is 3.00. The summed E-state index contributed by atoms with van der Waals surface area (Å²) in [5.41, 5.74) is 3.63. The SMILES string of the molecule is CN(C)Cc1ccccc1CNC(=O)C1Cc2ccccc2C(=O)O1. The third-order valence-corrected chi connectivity index (χ3v) is 4.24. The van der Waals surface area contributed by atoms with Gasteiger partial charge in [0.1, 0.15) is 0 Å².